The molecule has 2 aliphatic heterocycles. The molecule has 2 unspecified atom stereocenters. The lowest BCUT2D eigenvalue weighted by molar-refractivity contribution is 0.0919. The average molecular weight is 835 g/mol. The number of ether oxygens (including phenoxy) is 2. The maximum Gasteiger partial charge on any atom is 0.291 e. The van der Waals surface area contributed by atoms with Gasteiger partial charge in [0.2, 0.25) is 11.6 Å². The van der Waals surface area contributed by atoms with Crippen LogP contribution in [0.5, 0.6) is 11.5 Å². The molecule has 0 spiro atoms. The number of nitrogens with zero attached hydrogens (tertiary/aromatic N) is 10. The second-order valence-electron chi connectivity index (χ2n) is 13.6. The lowest BCUT2D eigenvalue weighted by Gasteiger charge is -2.22. The van der Waals surface area contributed by atoms with Gasteiger partial charge < -0.3 is 29.9 Å². The van der Waals surface area contributed by atoms with Crippen molar-refractivity contribution in [3.05, 3.63) is 119 Å². The van der Waals surface area contributed by atoms with Gasteiger partial charge in [-0.3, -0.25) is 9.59 Å². The molecule has 2 N–H and O–H groups in total. The summed E-state index contributed by atoms with van der Waals surface area (Å²) in [5.41, 5.74) is 4.65. The SMILES string of the molecule is Cc1cc(-c2cnc3c(c2)OCC(NC(=O)c2ncn(Cc4cccc(Cl)c4)n2)C(=S)N3C)ccc1Cn1cnc(C(=O)NC2COc3cccnc3N(C)C2=S)n1. The standard InChI is InChI=1S/C39H35ClN12O4S2/c1-22-12-24(9-10-25(22)17-52-21-44-33(48-52)37(54)45-28-18-55-30-8-5-11-41-34(30)49(2)38(28)57)26-14-31-35(42-15-26)50(3)39(58)29(19-56-31)46-36(53)32-43-20-51(47-32)16-23-6-4-7-27(40)13-23/h4-15,20-21,28-29H,16-19H2,1-3H3,(H,45,54)(H,46,53). The highest BCUT2D eigenvalue weighted by Gasteiger charge is 2.31. The summed E-state index contributed by atoms with van der Waals surface area (Å²) in [7, 11) is 3.57. The third kappa shape index (κ3) is 8.07. The van der Waals surface area contributed by atoms with Gasteiger partial charge in [0.15, 0.2) is 23.1 Å². The summed E-state index contributed by atoms with van der Waals surface area (Å²) in [5.74, 6) is 1.27. The molecule has 294 valence electrons. The number of nitrogens with one attached hydrogen (secondary N) is 2. The van der Waals surface area contributed by atoms with Gasteiger partial charge in [0.1, 0.15) is 47.9 Å². The van der Waals surface area contributed by atoms with Crippen LogP contribution in [0.15, 0.2) is 85.7 Å². The number of fused-ring (bicyclic) bond motifs is 2. The van der Waals surface area contributed by atoms with E-state index in [1.807, 2.05) is 49.4 Å². The van der Waals surface area contributed by atoms with E-state index >= 15 is 0 Å². The molecule has 58 heavy (non-hydrogen) atoms. The third-order valence-electron chi connectivity index (χ3n) is 9.62. The largest absolute Gasteiger partial charge is 0.487 e. The molecule has 19 heteroatoms. The van der Waals surface area contributed by atoms with Gasteiger partial charge in [-0.05, 0) is 59.5 Å². The first kappa shape index (κ1) is 38.5. The second-order valence-corrected chi connectivity index (χ2v) is 14.9. The molecule has 8 rings (SSSR count). The molecular weight excluding hydrogens is 800 g/mol. The molecule has 0 saturated heterocycles. The number of rotatable bonds is 9. The highest BCUT2D eigenvalue weighted by atomic mass is 35.5. The van der Waals surface area contributed by atoms with Crippen molar-refractivity contribution in [1.82, 2.24) is 50.1 Å². The first-order valence-corrected chi connectivity index (χ1v) is 19.2. The number of thiocarbonyl (C=S) groups is 2. The molecule has 2 amide bonds. The Kier molecular flexibility index (Phi) is 10.8. The monoisotopic (exact) mass is 834 g/mol. The molecule has 2 aliphatic rings. The van der Waals surface area contributed by atoms with Crippen molar-refractivity contribution in [2.24, 2.45) is 0 Å². The number of hydrogen-bond donors (Lipinski definition) is 2. The Hall–Kier alpha value is -6.37. The molecule has 6 aromatic rings. The van der Waals surface area contributed by atoms with Gasteiger partial charge in [-0.25, -0.2) is 29.3 Å². The van der Waals surface area contributed by atoms with Gasteiger partial charge >= 0.3 is 0 Å². The van der Waals surface area contributed by atoms with E-state index in [4.69, 9.17) is 50.5 Å². The van der Waals surface area contributed by atoms with Crippen LogP contribution in [0.25, 0.3) is 11.1 Å². The van der Waals surface area contributed by atoms with Gasteiger partial charge in [0, 0.05) is 37.1 Å². The van der Waals surface area contributed by atoms with E-state index in [0.29, 0.717) is 51.2 Å². The van der Waals surface area contributed by atoms with Crippen LogP contribution in [-0.4, -0.2) is 101 Å². The Balaban J connectivity index is 0.892. The molecule has 0 radical (unpaired) electrons. The van der Waals surface area contributed by atoms with Crippen LogP contribution in [0.4, 0.5) is 11.6 Å². The van der Waals surface area contributed by atoms with E-state index in [9.17, 15) is 9.59 Å². The zero-order valence-corrected chi connectivity index (χ0v) is 33.8. The Morgan fingerprint density at radius 1 is 0.759 bits per heavy atom. The van der Waals surface area contributed by atoms with E-state index < -0.39 is 23.9 Å². The van der Waals surface area contributed by atoms with Gasteiger partial charge in [-0.1, -0.05) is 66.4 Å². The zero-order valence-electron chi connectivity index (χ0n) is 31.4. The Morgan fingerprint density at radius 3 is 2.05 bits per heavy atom. The first-order chi connectivity index (χ1) is 28.0. The molecule has 0 fully saturated rings. The molecule has 0 aliphatic carbocycles. The number of anilines is 2. The molecule has 16 nitrogen and oxygen atoms in total. The fraction of sp³-hybridized carbons (Fsp3) is 0.231. The minimum Gasteiger partial charge on any atom is -0.487 e. The summed E-state index contributed by atoms with van der Waals surface area (Å²) in [6.07, 6.45) is 6.43. The maximum absolute atomic E-state index is 13.2. The average Bonchev–Trinajstić information content (AvgIpc) is 3.86. The number of likely N-dealkylation sites (N-methyl/N-ethyl adjacent to an activating group) is 2. The van der Waals surface area contributed by atoms with Crippen molar-refractivity contribution in [2.75, 3.05) is 37.1 Å². The van der Waals surface area contributed by atoms with Gasteiger partial charge in [-0.15, -0.1) is 10.2 Å². The Bertz CT molecular complexity index is 2580. The summed E-state index contributed by atoms with van der Waals surface area (Å²) in [5, 5.41) is 15.2. The fourth-order valence-corrected chi connectivity index (χ4v) is 7.16. The summed E-state index contributed by atoms with van der Waals surface area (Å²) in [4.78, 5) is 48.2. The highest BCUT2D eigenvalue weighted by Crippen LogP contribution is 2.34. The van der Waals surface area contributed by atoms with E-state index in [1.165, 1.54) is 12.7 Å². The summed E-state index contributed by atoms with van der Waals surface area (Å²) >= 11 is 17.5. The topological polar surface area (TPSA) is 170 Å². The summed E-state index contributed by atoms with van der Waals surface area (Å²) in [6, 6.07) is 17.7. The van der Waals surface area contributed by atoms with E-state index in [-0.39, 0.29) is 24.9 Å². The number of aryl methyl sites for hydroxylation is 1. The van der Waals surface area contributed by atoms with Gasteiger partial charge in [0.05, 0.1) is 13.1 Å². The number of aromatic nitrogens is 8. The molecule has 0 bridgehead atoms. The highest BCUT2D eigenvalue weighted by molar-refractivity contribution is 7.81. The van der Waals surface area contributed by atoms with Crippen LogP contribution in [-0.2, 0) is 13.1 Å². The van der Waals surface area contributed by atoms with E-state index in [1.54, 1.807) is 63.9 Å². The zero-order chi connectivity index (χ0) is 40.5. The van der Waals surface area contributed by atoms with E-state index in [0.717, 1.165) is 27.8 Å². The number of pyridine rings is 2. The minimum atomic E-state index is -0.643. The van der Waals surface area contributed by atoms with Crippen LogP contribution in [0.3, 0.4) is 0 Å². The maximum atomic E-state index is 13.2. The predicted octanol–water partition coefficient (Wildman–Crippen LogP) is 4.29. The van der Waals surface area contributed by atoms with Crippen molar-refractivity contribution in [3.8, 4) is 22.6 Å². The van der Waals surface area contributed by atoms with Crippen molar-refractivity contribution in [3.63, 3.8) is 0 Å². The lowest BCUT2D eigenvalue weighted by atomic mass is 10.0. The van der Waals surface area contributed by atoms with Crippen molar-refractivity contribution in [2.45, 2.75) is 32.1 Å². The number of hydrogen-bond acceptors (Lipinski definition) is 12. The summed E-state index contributed by atoms with van der Waals surface area (Å²) < 4.78 is 15.2. The Labute approximate surface area is 348 Å². The number of amides is 2. The normalized spacial score (nSPS) is 16.3. The number of halogens is 1. The molecule has 4 aromatic heterocycles. The van der Waals surface area contributed by atoms with Crippen molar-refractivity contribution >= 4 is 69.5 Å². The quantitative estimate of drug-likeness (QED) is 0.198. The van der Waals surface area contributed by atoms with Crippen LogP contribution < -0.4 is 29.9 Å². The van der Waals surface area contributed by atoms with Crippen LogP contribution in [0, 0.1) is 6.92 Å². The predicted molar refractivity (Wildman–Crippen MR) is 224 cm³/mol. The lowest BCUT2D eigenvalue weighted by Crippen LogP contribution is -2.48. The summed E-state index contributed by atoms with van der Waals surface area (Å²) in [6.45, 7) is 3.02. The number of carbonyl (C=O) groups excluding carboxylic acids is 2. The molecule has 0 saturated carbocycles. The fourth-order valence-electron chi connectivity index (χ4n) is 6.52. The van der Waals surface area contributed by atoms with Crippen LogP contribution >= 0.6 is 36.0 Å². The van der Waals surface area contributed by atoms with Gasteiger partial charge in [0.25, 0.3) is 11.8 Å². The Morgan fingerprint density at radius 2 is 1.40 bits per heavy atom. The van der Waals surface area contributed by atoms with Crippen molar-refractivity contribution < 1.29 is 19.1 Å². The molecule has 2 atom stereocenters. The smallest absolute Gasteiger partial charge is 0.291 e. The first-order valence-electron chi connectivity index (χ1n) is 18.0. The van der Waals surface area contributed by atoms with Gasteiger partial charge in [-0.2, -0.15) is 0 Å². The van der Waals surface area contributed by atoms with Crippen LogP contribution in [0.1, 0.15) is 37.9 Å². The van der Waals surface area contributed by atoms with Crippen molar-refractivity contribution in [1.29, 1.82) is 0 Å². The number of carbonyl (C=O) groups is 2. The van der Waals surface area contributed by atoms with Crippen LogP contribution in [0.2, 0.25) is 5.02 Å². The number of benzene rings is 2. The minimum absolute atomic E-state index is 0.00661. The third-order valence-corrected chi connectivity index (χ3v) is 11.0. The molecule has 6 heterocycles. The molecular formula is C39H35ClN12O4S2. The van der Waals surface area contributed by atoms with E-state index in [2.05, 4.69) is 35.8 Å². The molecule has 2 aromatic carbocycles. The second kappa shape index (κ2) is 16.2.